The Bertz CT molecular complexity index is 315. The molecule has 0 bridgehead atoms. The van der Waals surface area contributed by atoms with Crippen molar-refractivity contribution < 1.29 is 9.59 Å². The molecular weight excluding hydrogens is 230 g/mol. The van der Waals surface area contributed by atoms with Gasteiger partial charge in [-0.05, 0) is 39.0 Å². The van der Waals surface area contributed by atoms with Crippen LogP contribution >= 0.6 is 0 Å². The SMILES string of the molecule is CC(C)(CNC(=O)CC1CCCC(N)C1)C(N)=O. The average Bonchev–Trinajstić information content (AvgIpc) is 2.26. The van der Waals surface area contributed by atoms with Crippen LogP contribution in [0.3, 0.4) is 0 Å². The van der Waals surface area contributed by atoms with Gasteiger partial charge in [-0.3, -0.25) is 9.59 Å². The fourth-order valence-corrected chi connectivity index (χ4v) is 2.26. The molecule has 1 saturated carbocycles. The third kappa shape index (κ3) is 4.64. The fraction of sp³-hybridized carbons (Fsp3) is 0.846. The van der Waals surface area contributed by atoms with Crippen molar-refractivity contribution in [2.24, 2.45) is 22.8 Å². The number of amides is 2. The summed E-state index contributed by atoms with van der Waals surface area (Å²) in [6.07, 6.45) is 4.66. The van der Waals surface area contributed by atoms with E-state index in [-0.39, 0.29) is 11.9 Å². The lowest BCUT2D eigenvalue weighted by Crippen LogP contribution is -2.43. The van der Waals surface area contributed by atoms with Crippen LogP contribution in [0, 0.1) is 11.3 Å². The van der Waals surface area contributed by atoms with E-state index >= 15 is 0 Å². The summed E-state index contributed by atoms with van der Waals surface area (Å²) in [6, 6.07) is 0.235. The van der Waals surface area contributed by atoms with Gasteiger partial charge >= 0.3 is 0 Å². The van der Waals surface area contributed by atoms with Crippen LogP contribution in [0.4, 0.5) is 0 Å². The van der Waals surface area contributed by atoms with Crippen molar-refractivity contribution in [1.29, 1.82) is 0 Å². The van der Waals surface area contributed by atoms with E-state index in [1.54, 1.807) is 13.8 Å². The zero-order valence-electron chi connectivity index (χ0n) is 11.4. The van der Waals surface area contributed by atoms with Crippen molar-refractivity contribution in [2.45, 2.75) is 52.0 Å². The summed E-state index contributed by atoms with van der Waals surface area (Å²) in [7, 11) is 0. The molecule has 1 rings (SSSR count). The third-order valence-electron chi connectivity index (χ3n) is 3.69. The fourth-order valence-electron chi connectivity index (χ4n) is 2.26. The minimum atomic E-state index is -0.696. The van der Waals surface area contributed by atoms with Gasteiger partial charge in [0.1, 0.15) is 0 Å². The molecule has 0 radical (unpaired) electrons. The summed E-state index contributed by atoms with van der Waals surface area (Å²) in [4.78, 5) is 22.9. The molecule has 5 heteroatoms. The highest BCUT2D eigenvalue weighted by molar-refractivity contribution is 5.82. The van der Waals surface area contributed by atoms with Gasteiger partial charge < -0.3 is 16.8 Å². The third-order valence-corrected chi connectivity index (χ3v) is 3.69. The van der Waals surface area contributed by atoms with E-state index in [1.807, 2.05) is 0 Å². The molecule has 1 aliphatic rings. The van der Waals surface area contributed by atoms with Gasteiger partial charge in [0.2, 0.25) is 11.8 Å². The van der Waals surface area contributed by atoms with Crippen molar-refractivity contribution in [3.05, 3.63) is 0 Å². The quantitative estimate of drug-likeness (QED) is 0.668. The zero-order valence-corrected chi connectivity index (χ0v) is 11.4. The highest BCUT2D eigenvalue weighted by Gasteiger charge is 2.26. The van der Waals surface area contributed by atoms with E-state index in [9.17, 15) is 9.59 Å². The molecule has 2 unspecified atom stereocenters. The summed E-state index contributed by atoms with van der Waals surface area (Å²) in [5, 5.41) is 2.79. The van der Waals surface area contributed by atoms with Crippen molar-refractivity contribution in [3.8, 4) is 0 Å². The van der Waals surface area contributed by atoms with Crippen molar-refractivity contribution in [2.75, 3.05) is 6.54 Å². The molecular formula is C13H25N3O2. The number of carbonyl (C=O) groups excluding carboxylic acids is 2. The Morgan fingerprint density at radius 3 is 2.56 bits per heavy atom. The molecule has 1 fully saturated rings. The van der Waals surface area contributed by atoms with Gasteiger partial charge in [-0.2, -0.15) is 0 Å². The number of nitrogens with two attached hydrogens (primary N) is 2. The number of carbonyl (C=O) groups is 2. The molecule has 0 aromatic heterocycles. The van der Waals surface area contributed by atoms with E-state index in [0.717, 1.165) is 25.7 Å². The summed E-state index contributed by atoms with van der Waals surface area (Å²) in [6.45, 7) is 3.75. The Kier molecular flexibility index (Phi) is 5.14. The van der Waals surface area contributed by atoms with Crippen LogP contribution in [0.25, 0.3) is 0 Å². The first-order valence-electron chi connectivity index (χ1n) is 6.63. The van der Waals surface area contributed by atoms with Crippen molar-refractivity contribution >= 4 is 11.8 Å². The molecule has 18 heavy (non-hydrogen) atoms. The molecule has 0 aromatic rings. The largest absolute Gasteiger partial charge is 0.369 e. The number of nitrogens with one attached hydrogen (secondary N) is 1. The lowest BCUT2D eigenvalue weighted by molar-refractivity contribution is -0.127. The molecule has 5 nitrogen and oxygen atoms in total. The Hall–Kier alpha value is -1.10. The van der Waals surface area contributed by atoms with Gasteiger partial charge in [0.25, 0.3) is 0 Å². The summed E-state index contributed by atoms with van der Waals surface area (Å²) >= 11 is 0. The topological polar surface area (TPSA) is 98.2 Å². The Balaban J connectivity index is 2.31. The van der Waals surface area contributed by atoms with E-state index in [2.05, 4.69) is 5.32 Å². The summed E-state index contributed by atoms with van der Waals surface area (Å²) < 4.78 is 0. The Morgan fingerprint density at radius 1 is 1.33 bits per heavy atom. The maximum absolute atomic E-state index is 11.8. The Morgan fingerprint density at radius 2 is 2.00 bits per heavy atom. The summed E-state index contributed by atoms with van der Waals surface area (Å²) in [5.41, 5.74) is 10.4. The minimum Gasteiger partial charge on any atom is -0.369 e. The number of hydrogen-bond donors (Lipinski definition) is 3. The van der Waals surface area contributed by atoms with Crippen LogP contribution in [-0.4, -0.2) is 24.4 Å². The van der Waals surface area contributed by atoms with Crippen molar-refractivity contribution in [1.82, 2.24) is 5.32 Å². The molecule has 0 aliphatic heterocycles. The molecule has 1 aliphatic carbocycles. The predicted octanol–water partition coefficient (Wildman–Crippen LogP) is 0.522. The lowest BCUT2D eigenvalue weighted by atomic mass is 9.84. The number of rotatable bonds is 5. The van der Waals surface area contributed by atoms with Gasteiger partial charge in [-0.15, -0.1) is 0 Å². The first-order valence-corrected chi connectivity index (χ1v) is 6.63. The van der Waals surface area contributed by atoms with Crippen molar-refractivity contribution in [3.63, 3.8) is 0 Å². The first kappa shape index (κ1) is 15.0. The van der Waals surface area contributed by atoms with E-state index in [4.69, 9.17) is 11.5 Å². The highest BCUT2D eigenvalue weighted by atomic mass is 16.2. The molecule has 5 N–H and O–H groups in total. The normalized spacial score (nSPS) is 24.6. The second-order valence-electron chi connectivity index (χ2n) is 6.02. The lowest BCUT2D eigenvalue weighted by Gasteiger charge is -2.27. The minimum absolute atomic E-state index is 0.0107. The maximum atomic E-state index is 11.8. The maximum Gasteiger partial charge on any atom is 0.224 e. The van der Waals surface area contributed by atoms with Gasteiger partial charge in [0.05, 0.1) is 5.41 Å². The van der Waals surface area contributed by atoms with Crippen LogP contribution in [0.1, 0.15) is 46.0 Å². The van der Waals surface area contributed by atoms with Crippen LogP contribution < -0.4 is 16.8 Å². The second-order valence-corrected chi connectivity index (χ2v) is 6.02. The molecule has 0 spiro atoms. The van der Waals surface area contributed by atoms with Gasteiger partial charge in [0, 0.05) is 19.0 Å². The molecule has 2 atom stereocenters. The highest BCUT2D eigenvalue weighted by Crippen LogP contribution is 2.25. The van der Waals surface area contributed by atoms with Gasteiger partial charge in [0.15, 0.2) is 0 Å². The van der Waals surface area contributed by atoms with Gasteiger partial charge in [-0.25, -0.2) is 0 Å². The number of primary amides is 1. The molecule has 0 aromatic carbocycles. The smallest absolute Gasteiger partial charge is 0.224 e. The Labute approximate surface area is 109 Å². The first-order chi connectivity index (χ1) is 8.31. The zero-order chi connectivity index (χ0) is 13.8. The average molecular weight is 255 g/mol. The number of hydrogen-bond acceptors (Lipinski definition) is 3. The predicted molar refractivity (Wildman–Crippen MR) is 70.5 cm³/mol. The van der Waals surface area contributed by atoms with Crippen LogP contribution in [-0.2, 0) is 9.59 Å². The standard InChI is InChI=1S/C13H25N3O2/c1-13(2,12(15)18)8-16-11(17)7-9-4-3-5-10(14)6-9/h9-10H,3-8,14H2,1-2H3,(H2,15,18)(H,16,17). The van der Waals surface area contributed by atoms with Gasteiger partial charge in [-0.1, -0.05) is 6.42 Å². The monoisotopic (exact) mass is 255 g/mol. The van der Waals surface area contributed by atoms with E-state index in [0.29, 0.717) is 18.9 Å². The van der Waals surface area contributed by atoms with Crippen LogP contribution in [0.15, 0.2) is 0 Å². The molecule has 0 heterocycles. The molecule has 104 valence electrons. The summed E-state index contributed by atoms with van der Waals surface area (Å²) in [5.74, 6) is -0.0312. The molecule has 2 amide bonds. The van der Waals surface area contributed by atoms with E-state index in [1.165, 1.54) is 0 Å². The van der Waals surface area contributed by atoms with Crippen LogP contribution in [0.5, 0.6) is 0 Å². The van der Waals surface area contributed by atoms with Crippen LogP contribution in [0.2, 0.25) is 0 Å². The second kappa shape index (κ2) is 6.18. The van der Waals surface area contributed by atoms with E-state index < -0.39 is 11.3 Å². The molecule has 0 saturated heterocycles.